The second-order valence-electron chi connectivity index (χ2n) is 5.85. The van der Waals surface area contributed by atoms with E-state index >= 15 is 0 Å². The van der Waals surface area contributed by atoms with Gasteiger partial charge in [0.1, 0.15) is 10.8 Å². The number of carbonyl (C=O) groups excluding carboxylic acids is 1. The van der Waals surface area contributed by atoms with Crippen LogP contribution in [0.25, 0.3) is 17.8 Å². The third kappa shape index (κ3) is 3.55. The van der Waals surface area contributed by atoms with Crippen molar-refractivity contribution in [3.05, 3.63) is 50.8 Å². The monoisotopic (exact) mass is 411 g/mol. The largest absolute Gasteiger partial charge is 0.494 e. The first-order valence-electron chi connectivity index (χ1n) is 8.20. The number of hydrogen-bond donors (Lipinski definition) is 2. The van der Waals surface area contributed by atoms with Gasteiger partial charge in [0, 0.05) is 11.1 Å². The van der Waals surface area contributed by atoms with Crippen LogP contribution >= 0.6 is 23.2 Å². The standard InChI is InChI=1S/C19H16Cl2FNO4/c1-2-27-19(26)14(21)7-10-8-16(15(22)9-13(10)20)23-17(24)11-5-3-4-6-12(11)18(23)25/h3,5,7-9,24-25H,2,4,6H2,1H3. The summed E-state index contributed by atoms with van der Waals surface area (Å²) in [5.41, 5.74) is 1.07. The Hall–Kier alpha value is -2.44. The lowest BCUT2D eigenvalue weighted by atomic mass is 10.0. The molecule has 0 atom stereocenters. The Labute approximate surface area is 164 Å². The van der Waals surface area contributed by atoms with Crippen LogP contribution in [-0.4, -0.2) is 27.4 Å². The third-order valence-electron chi connectivity index (χ3n) is 4.16. The van der Waals surface area contributed by atoms with E-state index in [4.69, 9.17) is 27.9 Å². The SMILES string of the molecule is CCOC(=O)C(Cl)=Cc1cc(-n2c(O)c3c(c2O)CCC=C3)c(F)cc1Cl. The number of carbonyl (C=O) groups is 1. The lowest BCUT2D eigenvalue weighted by Gasteiger charge is -2.11. The van der Waals surface area contributed by atoms with Crippen molar-refractivity contribution in [1.29, 1.82) is 0 Å². The van der Waals surface area contributed by atoms with E-state index < -0.39 is 11.8 Å². The molecule has 1 aromatic heterocycles. The van der Waals surface area contributed by atoms with Gasteiger partial charge in [-0.05, 0) is 43.5 Å². The quantitative estimate of drug-likeness (QED) is 0.560. The normalized spacial score (nSPS) is 13.6. The lowest BCUT2D eigenvalue weighted by molar-refractivity contribution is -0.137. The van der Waals surface area contributed by atoms with Gasteiger partial charge in [0.25, 0.3) is 0 Å². The van der Waals surface area contributed by atoms with E-state index in [2.05, 4.69) is 0 Å². The first-order valence-corrected chi connectivity index (χ1v) is 8.96. The molecule has 5 nitrogen and oxygen atoms in total. The summed E-state index contributed by atoms with van der Waals surface area (Å²) >= 11 is 12.0. The maximum Gasteiger partial charge on any atom is 0.349 e. The first-order chi connectivity index (χ1) is 12.8. The number of aromatic nitrogens is 1. The summed E-state index contributed by atoms with van der Waals surface area (Å²) in [6.07, 6.45) is 6.00. The number of aromatic hydroxyl groups is 2. The molecule has 27 heavy (non-hydrogen) atoms. The number of ether oxygens (including phenoxy) is 1. The van der Waals surface area contributed by atoms with Crippen LogP contribution in [0.2, 0.25) is 5.02 Å². The molecule has 1 aromatic carbocycles. The summed E-state index contributed by atoms with van der Waals surface area (Å²) in [5, 5.41) is 20.7. The Morgan fingerprint density at radius 3 is 2.78 bits per heavy atom. The summed E-state index contributed by atoms with van der Waals surface area (Å²) < 4.78 is 20.4. The smallest absolute Gasteiger partial charge is 0.349 e. The van der Waals surface area contributed by atoms with Gasteiger partial charge in [-0.25, -0.2) is 13.8 Å². The zero-order valence-electron chi connectivity index (χ0n) is 14.3. The van der Waals surface area contributed by atoms with Crippen LogP contribution in [0.3, 0.4) is 0 Å². The molecule has 3 rings (SSSR count). The summed E-state index contributed by atoms with van der Waals surface area (Å²) in [4.78, 5) is 11.7. The van der Waals surface area contributed by atoms with Crippen LogP contribution < -0.4 is 0 Å². The highest BCUT2D eigenvalue weighted by Gasteiger charge is 2.25. The number of allylic oxidation sites excluding steroid dienone is 1. The number of fused-ring (bicyclic) bond motifs is 1. The summed E-state index contributed by atoms with van der Waals surface area (Å²) in [6.45, 7) is 1.79. The first kappa shape index (κ1) is 19.3. The van der Waals surface area contributed by atoms with Crippen LogP contribution in [0.4, 0.5) is 4.39 Å². The van der Waals surface area contributed by atoms with Crippen molar-refractivity contribution in [2.24, 2.45) is 0 Å². The molecule has 1 aliphatic rings. The number of rotatable bonds is 4. The maximum atomic E-state index is 14.6. The van der Waals surface area contributed by atoms with E-state index in [1.165, 1.54) is 12.1 Å². The Morgan fingerprint density at radius 2 is 2.11 bits per heavy atom. The van der Waals surface area contributed by atoms with Gasteiger partial charge < -0.3 is 14.9 Å². The van der Waals surface area contributed by atoms with E-state index in [-0.39, 0.29) is 39.7 Å². The van der Waals surface area contributed by atoms with Crippen LogP contribution in [-0.2, 0) is 16.0 Å². The summed E-state index contributed by atoms with van der Waals surface area (Å²) in [7, 11) is 0. The van der Waals surface area contributed by atoms with Gasteiger partial charge in [0.05, 0.1) is 17.3 Å². The summed E-state index contributed by atoms with van der Waals surface area (Å²) in [5.74, 6) is -2.04. The zero-order valence-corrected chi connectivity index (χ0v) is 15.8. The fraction of sp³-hybridized carbons (Fsp3) is 0.211. The Bertz CT molecular complexity index is 979. The van der Waals surface area contributed by atoms with Gasteiger partial charge in [-0.15, -0.1) is 0 Å². The summed E-state index contributed by atoms with van der Waals surface area (Å²) in [6, 6.07) is 2.31. The predicted molar refractivity (Wildman–Crippen MR) is 102 cm³/mol. The van der Waals surface area contributed by atoms with Crippen molar-refractivity contribution in [2.45, 2.75) is 19.8 Å². The van der Waals surface area contributed by atoms with Crippen molar-refractivity contribution in [2.75, 3.05) is 6.61 Å². The molecular formula is C19H16Cl2FNO4. The van der Waals surface area contributed by atoms with Crippen LogP contribution in [0.5, 0.6) is 11.8 Å². The van der Waals surface area contributed by atoms with Gasteiger partial charge in [0.2, 0.25) is 11.8 Å². The molecule has 0 amide bonds. The molecule has 0 saturated heterocycles. The Kier molecular flexibility index (Phi) is 5.48. The average molecular weight is 412 g/mol. The topological polar surface area (TPSA) is 71.7 Å². The number of esters is 1. The minimum atomic E-state index is -0.758. The maximum absolute atomic E-state index is 14.6. The molecular weight excluding hydrogens is 396 g/mol. The van der Waals surface area contributed by atoms with Crippen molar-refractivity contribution in [3.63, 3.8) is 0 Å². The number of benzene rings is 1. The zero-order chi connectivity index (χ0) is 19.7. The van der Waals surface area contributed by atoms with Gasteiger partial charge in [-0.3, -0.25) is 0 Å². The molecule has 0 radical (unpaired) electrons. The van der Waals surface area contributed by atoms with Crippen molar-refractivity contribution in [3.8, 4) is 17.4 Å². The highest BCUT2D eigenvalue weighted by Crippen LogP contribution is 2.41. The lowest BCUT2D eigenvalue weighted by Crippen LogP contribution is -2.04. The Balaban J connectivity index is 2.14. The van der Waals surface area contributed by atoms with Gasteiger partial charge in [-0.2, -0.15) is 0 Å². The van der Waals surface area contributed by atoms with E-state index in [1.807, 2.05) is 6.08 Å². The number of nitrogens with zero attached hydrogens (tertiary/aromatic N) is 1. The fourth-order valence-electron chi connectivity index (χ4n) is 2.92. The molecule has 0 aliphatic heterocycles. The highest BCUT2D eigenvalue weighted by atomic mass is 35.5. The molecule has 142 valence electrons. The molecule has 0 fully saturated rings. The van der Waals surface area contributed by atoms with Crippen molar-refractivity contribution >= 4 is 41.3 Å². The van der Waals surface area contributed by atoms with E-state index in [0.717, 1.165) is 10.6 Å². The van der Waals surface area contributed by atoms with Gasteiger partial charge in [0.15, 0.2) is 0 Å². The highest BCUT2D eigenvalue weighted by molar-refractivity contribution is 6.43. The Morgan fingerprint density at radius 1 is 1.37 bits per heavy atom. The molecule has 0 bridgehead atoms. The molecule has 1 aliphatic carbocycles. The number of hydrogen-bond acceptors (Lipinski definition) is 4. The van der Waals surface area contributed by atoms with Crippen molar-refractivity contribution in [1.82, 2.24) is 4.57 Å². The molecule has 2 N–H and O–H groups in total. The fourth-order valence-corrected chi connectivity index (χ4v) is 3.30. The molecule has 0 saturated carbocycles. The second kappa shape index (κ2) is 7.66. The molecule has 0 spiro atoms. The second-order valence-corrected chi connectivity index (χ2v) is 6.67. The van der Waals surface area contributed by atoms with Gasteiger partial charge >= 0.3 is 5.97 Å². The molecule has 1 heterocycles. The van der Waals surface area contributed by atoms with Crippen LogP contribution in [0.15, 0.2) is 23.2 Å². The molecule has 2 aromatic rings. The van der Waals surface area contributed by atoms with Crippen LogP contribution in [0.1, 0.15) is 30.0 Å². The van der Waals surface area contributed by atoms with Crippen LogP contribution in [0, 0.1) is 5.82 Å². The minimum absolute atomic E-state index is 0.00879. The average Bonchev–Trinajstić information content (AvgIpc) is 2.89. The molecule has 0 unspecified atom stereocenters. The predicted octanol–water partition coefficient (Wildman–Crippen LogP) is 4.78. The number of halogens is 3. The van der Waals surface area contributed by atoms with Crippen molar-refractivity contribution < 1.29 is 24.1 Å². The third-order valence-corrected chi connectivity index (χ3v) is 4.76. The molecule has 8 heteroatoms. The van der Waals surface area contributed by atoms with E-state index in [9.17, 15) is 19.4 Å². The minimum Gasteiger partial charge on any atom is -0.494 e. The van der Waals surface area contributed by atoms with E-state index in [1.54, 1.807) is 13.0 Å². The van der Waals surface area contributed by atoms with E-state index in [0.29, 0.717) is 24.0 Å². The van der Waals surface area contributed by atoms with Gasteiger partial charge in [-0.1, -0.05) is 35.4 Å².